The molecule has 0 radical (unpaired) electrons. The number of amides is 5. The topological polar surface area (TPSA) is 207 Å². The van der Waals surface area contributed by atoms with Crippen LogP contribution in [0.5, 0.6) is 0 Å². The van der Waals surface area contributed by atoms with Crippen molar-refractivity contribution in [3.8, 4) is 11.4 Å². The fraction of sp³-hybridized carbons (Fsp3) is 0.333. The van der Waals surface area contributed by atoms with E-state index in [1.165, 1.54) is 18.4 Å². The second kappa shape index (κ2) is 23.1. The maximum Gasteiger partial charge on any atom is 0.264 e. The van der Waals surface area contributed by atoms with Gasteiger partial charge in [0.25, 0.3) is 17.7 Å². The lowest BCUT2D eigenvalue weighted by Crippen LogP contribution is -2.48. The Hall–Kier alpha value is -5.88. The summed E-state index contributed by atoms with van der Waals surface area (Å²) in [6.07, 6.45) is 3.06. The molecule has 0 aliphatic carbocycles. The highest BCUT2D eigenvalue weighted by Crippen LogP contribution is 2.31. The summed E-state index contributed by atoms with van der Waals surface area (Å²) in [7, 11) is 1.41. The third-order valence-corrected chi connectivity index (χ3v) is 8.90. The van der Waals surface area contributed by atoms with Crippen LogP contribution in [0.1, 0.15) is 49.5 Å². The van der Waals surface area contributed by atoms with E-state index in [0.29, 0.717) is 81.8 Å². The summed E-state index contributed by atoms with van der Waals surface area (Å²) in [6, 6.07) is 16.8. The van der Waals surface area contributed by atoms with E-state index in [2.05, 4.69) is 31.2 Å². The van der Waals surface area contributed by atoms with Crippen molar-refractivity contribution in [3.63, 3.8) is 0 Å². The Labute approximate surface area is 328 Å². The number of aldehydes is 1. The number of carbonyl (C=O) groups is 6. The van der Waals surface area contributed by atoms with Gasteiger partial charge < -0.3 is 40.3 Å². The molecule has 296 valence electrons. The molecule has 16 nitrogen and oxygen atoms in total. The van der Waals surface area contributed by atoms with Crippen molar-refractivity contribution in [3.05, 3.63) is 94.5 Å². The minimum atomic E-state index is -1.07. The zero-order valence-corrected chi connectivity index (χ0v) is 32.0. The highest BCUT2D eigenvalue weighted by atomic mass is 32.1. The standard InChI is InChI=1S/C30H38N4O8.C9H7N3OS/c1-21-8-10-22(11-9-21)27(36)33-13-16-41-18-20-42-19-17-40-15-12-32-24-6-3-5-23-26(24)30(39)34(29(23)38)25(7-4-14-35)28(37)31-2;13-6-11-9-12-8(5-14-9)7-3-1-2-4-10-7/h3,5-6,8-11,14,25,32H,4,7,12-13,15-20H2,1-2H3,(H,31,37)(H,33,36);1-6H,(H,11,12,13). The quantitative estimate of drug-likeness (QED) is 0.0514. The first-order valence-corrected chi connectivity index (χ1v) is 18.7. The molecule has 0 fully saturated rings. The summed E-state index contributed by atoms with van der Waals surface area (Å²) >= 11 is 1.38. The summed E-state index contributed by atoms with van der Waals surface area (Å²) < 4.78 is 16.5. The van der Waals surface area contributed by atoms with Gasteiger partial charge in [-0.25, -0.2) is 4.98 Å². The summed E-state index contributed by atoms with van der Waals surface area (Å²) in [4.78, 5) is 80.9. The number of thiazole rings is 1. The molecule has 5 amide bonds. The monoisotopic (exact) mass is 787 g/mol. The van der Waals surface area contributed by atoms with Gasteiger partial charge in [-0.1, -0.05) is 29.8 Å². The van der Waals surface area contributed by atoms with Gasteiger partial charge in [0.15, 0.2) is 5.13 Å². The number of nitrogens with zero attached hydrogens (tertiary/aromatic N) is 3. The molecular formula is C39H45N7O9S. The minimum absolute atomic E-state index is 0.0410. The van der Waals surface area contributed by atoms with E-state index in [1.807, 2.05) is 42.6 Å². The largest absolute Gasteiger partial charge is 0.382 e. The lowest BCUT2D eigenvalue weighted by molar-refractivity contribution is -0.124. The number of aryl methyl sites for hydroxylation is 1. The van der Waals surface area contributed by atoms with Crippen molar-refractivity contribution < 1.29 is 43.0 Å². The fourth-order valence-corrected chi connectivity index (χ4v) is 6.03. The molecule has 17 heteroatoms. The predicted molar refractivity (Wildman–Crippen MR) is 210 cm³/mol. The maximum atomic E-state index is 13.2. The van der Waals surface area contributed by atoms with Gasteiger partial charge in [0.2, 0.25) is 12.3 Å². The molecule has 1 atom stereocenters. The number of hydrogen-bond donors (Lipinski definition) is 4. The average Bonchev–Trinajstić information content (AvgIpc) is 3.79. The Morgan fingerprint density at radius 3 is 2.23 bits per heavy atom. The van der Waals surface area contributed by atoms with E-state index in [4.69, 9.17) is 14.2 Å². The van der Waals surface area contributed by atoms with Crippen LogP contribution in [0.4, 0.5) is 10.8 Å². The van der Waals surface area contributed by atoms with Crippen LogP contribution < -0.4 is 21.3 Å². The predicted octanol–water partition coefficient (Wildman–Crippen LogP) is 3.35. The summed E-state index contributed by atoms with van der Waals surface area (Å²) in [5.74, 6) is -1.79. The van der Waals surface area contributed by atoms with Crippen molar-refractivity contribution in [1.29, 1.82) is 0 Å². The number of hydrogen-bond acceptors (Lipinski definition) is 13. The van der Waals surface area contributed by atoms with Crippen molar-refractivity contribution in [2.45, 2.75) is 25.8 Å². The third kappa shape index (κ3) is 12.6. The molecule has 1 unspecified atom stereocenters. The van der Waals surface area contributed by atoms with Crippen molar-refractivity contribution in [2.75, 3.05) is 70.4 Å². The summed E-state index contributed by atoms with van der Waals surface area (Å²) in [6.45, 7) is 4.96. The van der Waals surface area contributed by atoms with E-state index < -0.39 is 23.8 Å². The van der Waals surface area contributed by atoms with Gasteiger partial charge in [-0.05, 0) is 49.7 Å². The normalized spacial score (nSPS) is 12.2. The van der Waals surface area contributed by atoms with Gasteiger partial charge in [0.05, 0.1) is 56.5 Å². The van der Waals surface area contributed by atoms with E-state index in [0.717, 1.165) is 21.9 Å². The zero-order chi connectivity index (χ0) is 40.1. The Kier molecular flexibility index (Phi) is 17.7. The van der Waals surface area contributed by atoms with Crippen molar-refractivity contribution >= 4 is 58.5 Å². The Balaban J connectivity index is 0.000000413. The van der Waals surface area contributed by atoms with Crippen LogP contribution in [0.25, 0.3) is 11.4 Å². The molecule has 4 aromatic rings. The molecule has 2 aromatic heterocycles. The second-order valence-corrected chi connectivity index (χ2v) is 12.8. The number of nitrogens with one attached hydrogen (secondary N) is 4. The summed E-state index contributed by atoms with van der Waals surface area (Å²) in [5.41, 5.74) is 4.16. The van der Waals surface area contributed by atoms with E-state index in [1.54, 1.807) is 36.5 Å². The van der Waals surface area contributed by atoms with Crippen LogP contribution in [-0.4, -0.2) is 117 Å². The first-order chi connectivity index (χ1) is 27.3. The molecule has 56 heavy (non-hydrogen) atoms. The minimum Gasteiger partial charge on any atom is -0.382 e. The SMILES string of the molecule is CNC(=O)C(CCC=O)N1C(=O)c2cccc(NCCOCCOCCOCCNC(=O)c3ccc(C)cc3)c2C1=O.O=CNc1nc(-c2ccccn2)cs1. The lowest BCUT2D eigenvalue weighted by atomic mass is 10.1. The number of pyridine rings is 1. The molecule has 1 aliphatic rings. The number of carbonyl (C=O) groups excluding carboxylic acids is 6. The molecule has 0 saturated heterocycles. The molecule has 1 aliphatic heterocycles. The van der Waals surface area contributed by atoms with Crippen LogP contribution in [0.15, 0.2) is 72.2 Å². The van der Waals surface area contributed by atoms with Crippen LogP contribution in [0, 0.1) is 6.92 Å². The highest BCUT2D eigenvalue weighted by Gasteiger charge is 2.43. The second-order valence-electron chi connectivity index (χ2n) is 12.0. The fourth-order valence-electron chi connectivity index (χ4n) is 5.37. The van der Waals surface area contributed by atoms with Gasteiger partial charge >= 0.3 is 0 Å². The average molecular weight is 788 g/mol. The third-order valence-electron chi connectivity index (χ3n) is 8.13. The first-order valence-electron chi connectivity index (χ1n) is 17.8. The number of aromatic nitrogens is 2. The Bertz CT molecular complexity index is 1910. The molecule has 2 aromatic carbocycles. The number of ether oxygens (including phenoxy) is 3. The van der Waals surface area contributed by atoms with Gasteiger partial charge in [-0.15, -0.1) is 11.3 Å². The number of anilines is 2. The smallest absolute Gasteiger partial charge is 0.264 e. The zero-order valence-electron chi connectivity index (χ0n) is 31.2. The Morgan fingerprint density at radius 2 is 1.57 bits per heavy atom. The van der Waals surface area contributed by atoms with Crippen LogP contribution in [0.2, 0.25) is 0 Å². The van der Waals surface area contributed by atoms with E-state index >= 15 is 0 Å². The number of likely N-dealkylation sites (N-methyl/N-ethyl adjacent to an activating group) is 1. The van der Waals surface area contributed by atoms with Crippen molar-refractivity contribution in [1.82, 2.24) is 25.5 Å². The maximum absolute atomic E-state index is 13.2. The number of rotatable bonds is 22. The van der Waals surface area contributed by atoms with Crippen LogP contribution in [-0.2, 0) is 28.6 Å². The Morgan fingerprint density at radius 1 is 0.857 bits per heavy atom. The molecule has 3 heterocycles. The van der Waals surface area contributed by atoms with Gasteiger partial charge in [0, 0.05) is 49.4 Å². The molecule has 5 rings (SSSR count). The van der Waals surface area contributed by atoms with Crippen molar-refractivity contribution in [2.24, 2.45) is 0 Å². The van der Waals surface area contributed by atoms with Gasteiger partial charge in [0.1, 0.15) is 18.0 Å². The van der Waals surface area contributed by atoms with Gasteiger partial charge in [-0.3, -0.25) is 33.9 Å². The summed E-state index contributed by atoms with van der Waals surface area (Å²) in [5, 5.41) is 13.3. The van der Waals surface area contributed by atoms with E-state index in [9.17, 15) is 28.8 Å². The lowest BCUT2D eigenvalue weighted by Gasteiger charge is -2.24. The van der Waals surface area contributed by atoms with Gasteiger partial charge in [-0.2, -0.15) is 0 Å². The molecule has 0 spiro atoms. The number of fused-ring (bicyclic) bond motifs is 1. The number of imide groups is 1. The molecule has 4 N–H and O–H groups in total. The molecular weight excluding hydrogens is 743 g/mol. The van der Waals surface area contributed by atoms with E-state index in [-0.39, 0.29) is 29.9 Å². The van der Waals surface area contributed by atoms with Crippen LogP contribution in [0.3, 0.4) is 0 Å². The highest BCUT2D eigenvalue weighted by molar-refractivity contribution is 7.14. The van der Waals surface area contributed by atoms with Crippen LogP contribution >= 0.6 is 11.3 Å². The first kappa shape index (κ1) is 42.9. The molecule has 0 saturated carbocycles. The number of benzene rings is 2. The molecule has 0 bridgehead atoms.